The molecule has 0 saturated carbocycles. The van der Waals surface area contributed by atoms with Crippen LogP contribution < -0.4 is 9.80 Å². The van der Waals surface area contributed by atoms with Crippen molar-refractivity contribution in [2.75, 3.05) is 36.0 Å². The van der Waals surface area contributed by atoms with Gasteiger partial charge in [0, 0.05) is 26.2 Å². The summed E-state index contributed by atoms with van der Waals surface area (Å²) in [4.78, 5) is 17.0. The number of carboxylic acids is 1. The molecule has 1 saturated heterocycles. The van der Waals surface area contributed by atoms with E-state index in [0.717, 1.165) is 16.8 Å². The summed E-state index contributed by atoms with van der Waals surface area (Å²) in [5.74, 6) is -1.03. The first-order valence-electron chi connectivity index (χ1n) is 9.47. The molecule has 7 nitrogen and oxygen atoms in total. The molecule has 0 atom stereocenters. The Balaban J connectivity index is 1.61. The minimum absolute atomic E-state index is 0.0785. The van der Waals surface area contributed by atoms with Gasteiger partial charge >= 0.3 is 5.97 Å². The molecule has 4 rings (SSSR count). The fourth-order valence-electron chi connectivity index (χ4n) is 3.58. The molecule has 1 fully saturated rings. The predicted molar refractivity (Wildman–Crippen MR) is 109 cm³/mol. The van der Waals surface area contributed by atoms with Crippen molar-refractivity contribution >= 4 is 17.5 Å². The summed E-state index contributed by atoms with van der Waals surface area (Å²) in [5.41, 5.74) is 3.31. The van der Waals surface area contributed by atoms with Crippen molar-refractivity contribution in [3.8, 4) is 5.69 Å². The monoisotopic (exact) mass is 395 g/mol. The van der Waals surface area contributed by atoms with Crippen molar-refractivity contribution in [2.45, 2.75) is 13.8 Å². The molecule has 3 aromatic rings. The molecule has 1 aliphatic heterocycles. The summed E-state index contributed by atoms with van der Waals surface area (Å²) in [6.07, 6.45) is 0. The standard InChI is InChI=1S/C21H22FN5O2/c1-14-6-5-9-17(15(14)2)27-23-19(21(28)29)20(24-27)26-12-10-25(11-13-26)18-8-4-3-7-16(18)22/h3-9H,10-13H2,1-2H3,(H,28,29). The highest BCUT2D eigenvalue weighted by Gasteiger charge is 2.27. The van der Waals surface area contributed by atoms with E-state index in [1.165, 1.54) is 10.9 Å². The molecule has 1 aromatic heterocycles. The maximum atomic E-state index is 14.1. The molecule has 2 aromatic carbocycles. The van der Waals surface area contributed by atoms with Crippen LogP contribution >= 0.6 is 0 Å². The molecule has 0 amide bonds. The number of nitrogens with zero attached hydrogens (tertiary/aromatic N) is 5. The molecule has 0 bridgehead atoms. The van der Waals surface area contributed by atoms with Crippen molar-refractivity contribution in [3.05, 3.63) is 65.1 Å². The second kappa shape index (κ2) is 7.54. The average molecular weight is 395 g/mol. The summed E-state index contributed by atoms with van der Waals surface area (Å²) in [5, 5.41) is 18.4. The Kier molecular flexibility index (Phi) is 4.92. The number of aromatic nitrogens is 3. The van der Waals surface area contributed by atoms with Gasteiger partial charge in [-0.05, 0) is 43.2 Å². The van der Waals surface area contributed by atoms with E-state index in [1.807, 2.05) is 47.9 Å². The number of benzene rings is 2. The second-order valence-electron chi connectivity index (χ2n) is 7.11. The van der Waals surface area contributed by atoms with Crippen LogP contribution in [0, 0.1) is 19.7 Å². The summed E-state index contributed by atoms with van der Waals surface area (Å²) in [6.45, 7) is 6.14. The van der Waals surface area contributed by atoms with Crippen molar-refractivity contribution in [2.24, 2.45) is 0 Å². The lowest BCUT2D eigenvalue weighted by atomic mass is 10.1. The second-order valence-corrected chi connectivity index (χ2v) is 7.11. The van der Waals surface area contributed by atoms with Crippen LogP contribution in [-0.4, -0.2) is 52.2 Å². The number of aromatic carboxylic acids is 1. The van der Waals surface area contributed by atoms with Gasteiger partial charge in [0.25, 0.3) is 0 Å². The summed E-state index contributed by atoms with van der Waals surface area (Å²) < 4.78 is 14.1. The number of rotatable bonds is 4. The van der Waals surface area contributed by atoms with E-state index in [0.29, 0.717) is 37.7 Å². The van der Waals surface area contributed by atoms with E-state index in [2.05, 4.69) is 10.2 Å². The van der Waals surface area contributed by atoms with E-state index >= 15 is 0 Å². The van der Waals surface area contributed by atoms with Gasteiger partial charge in [-0.15, -0.1) is 15.0 Å². The SMILES string of the molecule is Cc1cccc(-n2nc(C(=O)O)c(N3CCN(c4ccccc4F)CC3)n2)c1C. The summed E-state index contributed by atoms with van der Waals surface area (Å²) >= 11 is 0. The van der Waals surface area contributed by atoms with Crippen LogP contribution in [0.25, 0.3) is 5.69 Å². The number of aryl methyl sites for hydroxylation is 1. The molecule has 0 aliphatic carbocycles. The molecule has 1 N–H and O–H groups in total. The molecular formula is C21H22FN5O2. The molecule has 2 heterocycles. The zero-order valence-corrected chi connectivity index (χ0v) is 16.3. The Hall–Kier alpha value is -3.42. The summed E-state index contributed by atoms with van der Waals surface area (Å²) in [7, 11) is 0. The average Bonchev–Trinajstić information content (AvgIpc) is 3.16. The van der Waals surface area contributed by atoms with Gasteiger partial charge in [0.05, 0.1) is 11.4 Å². The van der Waals surface area contributed by atoms with E-state index < -0.39 is 5.97 Å². The van der Waals surface area contributed by atoms with Gasteiger partial charge in [-0.3, -0.25) is 0 Å². The van der Waals surface area contributed by atoms with Gasteiger partial charge in [-0.2, -0.15) is 0 Å². The Morgan fingerprint density at radius 3 is 2.28 bits per heavy atom. The van der Waals surface area contributed by atoms with E-state index in [4.69, 9.17) is 0 Å². The van der Waals surface area contributed by atoms with Crippen LogP contribution in [0.1, 0.15) is 21.6 Å². The smallest absolute Gasteiger partial charge is 0.360 e. The zero-order valence-electron chi connectivity index (χ0n) is 16.3. The third-order valence-electron chi connectivity index (χ3n) is 5.36. The van der Waals surface area contributed by atoms with Gasteiger partial charge < -0.3 is 14.9 Å². The van der Waals surface area contributed by atoms with Crippen molar-refractivity contribution < 1.29 is 14.3 Å². The number of carbonyl (C=O) groups is 1. The van der Waals surface area contributed by atoms with Crippen LogP contribution in [-0.2, 0) is 0 Å². The number of halogens is 1. The van der Waals surface area contributed by atoms with Crippen LogP contribution in [0.2, 0.25) is 0 Å². The molecule has 8 heteroatoms. The van der Waals surface area contributed by atoms with E-state index in [-0.39, 0.29) is 11.5 Å². The lowest BCUT2D eigenvalue weighted by Crippen LogP contribution is -2.47. The maximum absolute atomic E-state index is 14.1. The van der Waals surface area contributed by atoms with E-state index in [1.54, 1.807) is 12.1 Å². The van der Waals surface area contributed by atoms with Crippen molar-refractivity contribution in [1.82, 2.24) is 15.0 Å². The number of hydrogen-bond donors (Lipinski definition) is 1. The zero-order chi connectivity index (χ0) is 20.5. The predicted octanol–water partition coefficient (Wildman–Crippen LogP) is 3.05. The normalized spacial score (nSPS) is 14.3. The lowest BCUT2D eigenvalue weighted by Gasteiger charge is -2.36. The van der Waals surface area contributed by atoms with Gasteiger partial charge in [-0.1, -0.05) is 24.3 Å². The van der Waals surface area contributed by atoms with Crippen molar-refractivity contribution in [3.63, 3.8) is 0 Å². The maximum Gasteiger partial charge on any atom is 0.360 e. The highest BCUT2D eigenvalue weighted by atomic mass is 19.1. The topological polar surface area (TPSA) is 74.5 Å². The lowest BCUT2D eigenvalue weighted by molar-refractivity contribution is 0.0690. The number of anilines is 2. The van der Waals surface area contributed by atoms with Gasteiger partial charge in [0.15, 0.2) is 5.82 Å². The largest absolute Gasteiger partial charge is 0.476 e. The molecular weight excluding hydrogens is 373 g/mol. The number of piperazine rings is 1. The molecule has 1 aliphatic rings. The fourth-order valence-corrected chi connectivity index (χ4v) is 3.58. The molecule has 0 radical (unpaired) electrons. The number of para-hydroxylation sites is 1. The minimum atomic E-state index is -1.12. The van der Waals surface area contributed by atoms with Crippen LogP contribution in [0.15, 0.2) is 42.5 Å². The number of carboxylic acid groups (broad SMARTS) is 1. The Morgan fingerprint density at radius 2 is 1.59 bits per heavy atom. The van der Waals surface area contributed by atoms with E-state index in [9.17, 15) is 14.3 Å². The van der Waals surface area contributed by atoms with Gasteiger partial charge in [0.1, 0.15) is 5.82 Å². The Bertz CT molecular complexity index is 1060. The third kappa shape index (κ3) is 3.53. The quantitative estimate of drug-likeness (QED) is 0.732. The first-order valence-corrected chi connectivity index (χ1v) is 9.47. The fraction of sp³-hybridized carbons (Fsp3) is 0.286. The van der Waals surface area contributed by atoms with Crippen LogP contribution in [0.3, 0.4) is 0 Å². The van der Waals surface area contributed by atoms with Gasteiger partial charge in [0.2, 0.25) is 5.69 Å². The number of hydrogen-bond acceptors (Lipinski definition) is 5. The molecule has 150 valence electrons. The minimum Gasteiger partial charge on any atom is -0.476 e. The van der Waals surface area contributed by atoms with Crippen LogP contribution in [0.4, 0.5) is 15.9 Å². The molecule has 29 heavy (non-hydrogen) atoms. The Morgan fingerprint density at radius 1 is 0.931 bits per heavy atom. The molecule has 0 unspecified atom stereocenters. The third-order valence-corrected chi connectivity index (χ3v) is 5.36. The first-order chi connectivity index (χ1) is 14.0. The summed E-state index contributed by atoms with van der Waals surface area (Å²) in [6, 6.07) is 12.4. The Labute approximate surface area is 168 Å². The first kappa shape index (κ1) is 18.9. The highest BCUT2D eigenvalue weighted by Crippen LogP contribution is 2.25. The van der Waals surface area contributed by atoms with Crippen LogP contribution in [0.5, 0.6) is 0 Å². The van der Waals surface area contributed by atoms with Crippen molar-refractivity contribution in [1.29, 1.82) is 0 Å². The van der Waals surface area contributed by atoms with Gasteiger partial charge in [-0.25, -0.2) is 9.18 Å². The molecule has 0 spiro atoms. The highest BCUT2D eigenvalue weighted by molar-refractivity contribution is 5.91.